The highest BCUT2D eigenvalue weighted by molar-refractivity contribution is 7.92. The maximum absolute atomic E-state index is 12.2. The van der Waals surface area contributed by atoms with E-state index >= 15 is 0 Å². The minimum absolute atomic E-state index is 0.0158. The van der Waals surface area contributed by atoms with Crippen LogP contribution in [0, 0.1) is 6.92 Å². The fraction of sp³-hybridized carbons (Fsp3) is 0.150. The first-order valence-corrected chi connectivity index (χ1v) is 10.0. The summed E-state index contributed by atoms with van der Waals surface area (Å²) in [7, 11) is -3.44. The molecule has 0 aliphatic heterocycles. The summed E-state index contributed by atoms with van der Waals surface area (Å²) in [4.78, 5) is 4.19. The summed E-state index contributed by atoms with van der Waals surface area (Å²) < 4.78 is 27.0. The molecule has 0 radical (unpaired) electrons. The molecule has 0 spiro atoms. The van der Waals surface area contributed by atoms with Crippen molar-refractivity contribution in [3.05, 3.63) is 84.1 Å². The number of hydrogen-bond acceptors (Lipinski definition) is 4. The number of aryl methyl sites for hydroxylation is 2. The van der Waals surface area contributed by atoms with Crippen molar-refractivity contribution in [2.24, 2.45) is 0 Å². The summed E-state index contributed by atoms with van der Waals surface area (Å²) in [5, 5.41) is 3.27. The standard InChI is InChI=1S/C20H21N3O2S/c1-16-7-5-6-10-19(16)22-18-11-12-20(21-15-18)23-26(24,25)14-13-17-8-3-2-4-9-17/h2-12,15,22H,13-14H2,1H3,(H,21,23). The Kier molecular flexibility index (Phi) is 5.53. The molecule has 2 aromatic carbocycles. The van der Waals surface area contributed by atoms with E-state index in [1.54, 1.807) is 18.3 Å². The van der Waals surface area contributed by atoms with Crippen LogP contribution >= 0.6 is 0 Å². The predicted molar refractivity (Wildman–Crippen MR) is 106 cm³/mol. The highest BCUT2D eigenvalue weighted by Crippen LogP contribution is 2.20. The van der Waals surface area contributed by atoms with Gasteiger partial charge in [0.15, 0.2) is 0 Å². The Morgan fingerprint density at radius 2 is 1.65 bits per heavy atom. The Balaban J connectivity index is 1.60. The van der Waals surface area contributed by atoms with E-state index in [1.807, 2.05) is 61.5 Å². The van der Waals surface area contributed by atoms with Gasteiger partial charge < -0.3 is 5.32 Å². The van der Waals surface area contributed by atoms with Crippen molar-refractivity contribution >= 4 is 27.2 Å². The number of rotatable bonds is 7. The van der Waals surface area contributed by atoms with E-state index in [4.69, 9.17) is 0 Å². The van der Waals surface area contributed by atoms with Crippen LogP contribution in [0.25, 0.3) is 0 Å². The Labute approximate surface area is 154 Å². The van der Waals surface area contributed by atoms with Crippen LogP contribution in [0.15, 0.2) is 72.9 Å². The van der Waals surface area contributed by atoms with E-state index < -0.39 is 10.0 Å². The summed E-state index contributed by atoms with van der Waals surface area (Å²) in [6, 6.07) is 20.9. The van der Waals surface area contributed by atoms with Gasteiger partial charge in [-0.05, 0) is 42.7 Å². The second-order valence-electron chi connectivity index (χ2n) is 6.03. The first kappa shape index (κ1) is 17.9. The van der Waals surface area contributed by atoms with Crippen LogP contribution in [0.1, 0.15) is 11.1 Å². The molecule has 0 fully saturated rings. The zero-order valence-corrected chi connectivity index (χ0v) is 15.3. The maximum Gasteiger partial charge on any atom is 0.234 e. The van der Waals surface area contributed by atoms with Crippen molar-refractivity contribution in [3.8, 4) is 0 Å². The van der Waals surface area contributed by atoms with Crippen LogP contribution in [-0.2, 0) is 16.4 Å². The van der Waals surface area contributed by atoms with Gasteiger partial charge in [-0.3, -0.25) is 4.72 Å². The summed E-state index contributed by atoms with van der Waals surface area (Å²) >= 11 is 0. The minimum Gasteiger partial charge on any atom is -0.354 e. The molecule has 1 aromatic heterocycles. The number of para-hydroxylation sites is 1. The molecule has 134 valence electrons. The van der Waals surface area contributed by atoms with Gasteiger partial charge in [-0.2, -0.15) is 0 Å². The molecule has 5 nitrogen and oxygen atoms in total. The summed E-state index contributed by atoms with van der Waals surface area (Å²) in [5.41, 5.74) is 3.90. The highest BCUT2D eigenvalue weighted by Gasteiger charge is 2.11. The third-order valence-corrected chi connectivity index (χ3v) is 5.21. The van der Waals surface area contributed by atoms with E-state index in [0.29, 0.717) is 12.2 Å². The molecule has 0 aliphatic carbocycles. The smallest absolute Gasteiger partial charge is 0.234 e. The molecule has 0 atom stereocenters. The number of hydrogen-bond donors (Lipinski definition) is 2. The number of benzene rings is 2. The lowest BCUT2D eigenvalue weighted by Gasteiger charge is -2.11. The molecular formula is C20H21N3O2S. The van der Waals surface area contributed by atoms with E-state index in [0.717, 1.165) is 22.5 Å². The SMILES string of the molecule is Cc1ccccc1Nc1ccc(NS(=O)(=O)CCc2ccccc2)nc1. The van der Waals surface area contributed by atoms with Crippen molar-refractivity contribution in [1.82, 2.24) is 4.98 Å². The lowest BCUT2D eigenvalue weighted by molar-refractivity contribution is 0.600. The third-order valence-electron chi connectivity index (χ3n) is 3.95. The molecule has 0 bridgehead atoms. The average molecular weight is 367 g/mol. The Morgan fingerprint density at radius 3 is 2.35 bits per heavy atom. The molecule has 0 amide bonds. The zero-order valence-electron chi connectivity index (χ0n) is 14.5. The number of aromatic nitrogens is 1. The van der Waals surface area contributed by atoms with Crippen LogP contribution in [0.4, 0.5) is 17.2 Å². The number of sulfonamides is 1. The van der Waals surface area contributed by atoms with Crippen LogP contribution in [-0.4, -0.2) is 19.2 Å². The zero-order chi connectivity index (χ0) is 18.4. The highest BCUT2D eigenvalue weighted by atomic mass is 32.2. The molecule has 3 aromatic rings. The lowest BCUT2D eigenvalue weighted by atomic mass is 10.2. The molecule has 2 N–H and O–H groups in total. The molecule has 0 saturated heterocycles. The van der Waals surface area contributed by atoms with E-state index in [9.17, 15) is 8.42 Å². The Hall–Kier alpha value is -2.86. The topological polar surface area (TPSA) is 71.1 Å². The number of anilines is 3. The Bertz CT molecular complexity index is 956. The predicted octanol–water partition coefficient (Wildman–Crippen LogP) is 4.12. The van der Waals surface area contributed by atoms with Gasteiger partial charge in [-0.15, -0.1) is 0 Å². The minimum atomic E-state index is -3.44. The van der Waals surface area contributed by atoms with E-state index in [1.165, 1.54) is 0 Å². The first-order chi connectivity index (χ1) is 12.5. The van der Waals surface area contributed by atoms with Crippen molar-refractivity contribution in [2.45, 2.75) is 13.3 Å². The Morgan fingerprint density at radius 1 is 0.923 bits per heavy atom. The molecule has 1 heterocycles. The fourth-order valence-electron chi connectivity index (χ4n) is 2.50. The van der Waals surface area contributed by atoms with Crippen LogP contribution < -0.4 is 10.0 Å². The quantitative estimate of drug-likeness (QED) is 0.659. The van der Waals surface area contributed by atoms with E-state index in [2.05, 4.69) is 15.0 Å². The molecule has 0 unspecified atom stereocenters. The van der Waals surface area contributed by atoms with Gasteiger partial charge in [0.1, 0.15) is 5.82 Å². The molecule has 0 saturated carbocycles. The molecule has 26 heavy (non-hydrogen) atoms. The maximum atomic E-state index is 12.2. The van der Waals surface area contributed by atoms with Crippen LogP contribution in [0.2, 0.25) is 0 Å². The van der Waals surface area contributed by atoms with Crippen LogP contribution in [0.5, 0.6) is 0 Å². The lowest BCUT2D eigenvalue weighted by Crippen LogP contribution is -2.18. The summed E-state index contributed by atoms with van der Waals surface area (Å²) in [5.74, 6) is 0.329. The van der Waals surface area contributed by atoms with Gasteiger partial charge in [-0.1, -0.05) is 48.5 Å². The fourth-order valence-corrected chi connectivity index (χ4v) is 3.55. The van der Waals surface area contributed by atoms with Gasteiger partial charge >= 0.3 is 0 Å². The summed E-state index contributed by atoms with van der Waals surface area (Å²) in [6.07, 6.45) is 2.07. The second kappa shape index (κ2) is 8.01. The van der Waals surface area contributed by atoms with Crippen molar-refractivity contribution in [2.75, 3.05) is 15.8 Å². The second-order valence-corrected chi connectivity index (χ2v) is 7.87. The largest absolute Gasteiger partial charge is 0.354 e. The normalized spacial score (nSPS) is 11.1. The number of pyridine rings is 1. The monoisotopic (exact) mass is 367 g/mol. The average Bonchev–Trinajstić information content (AvgIpc) is 2.64. The van der Waals surface area contributed by atoms with Gasteiger partial charge in [-0.25, -0.2) is 13.4 Å². The molecule has 6 heteroatoms. The van der Waals surface area contributed by atoms with Gasteiger partial charge in [0.25, 0.3) is 0 Å². The van der Waals surface area contributed by atoms with Gasteiger partial charge in [0.2, 0.25) is 10.0 Å². The van der Waals surface area contributed by atoms with Gasteiger partial charge in [0.05, 0.1) is 17.6 Å². The number of nitrogens with one attached hydrogen (secondary N) is 2. The first-order valence-electron chi connectivity index (χ1n) is 8.35. The molecule has 3 rings (SSSR count). The third kappa shape index (κ3) is 5.07. The van der Waals surface area contributed by atoms with E-state index in [-0.39, 0.29) is 5.75 Å². The summed E-state index contributed by atoms with van der Waals surface area (Å²) in [6.45, 7) is 2.02. The molecular weight excluding hydrogens is 346 g/mol. The van der Waals surface area contributed by atoms with Crippen molar-refractivity contribution in [3.63, 3.8) is 0 Å². The van der Waals surface area contributed by atoms with Crippen molar-refractivity contribution in [1.29, 1.82) is 0 Å². The number of nitrogens with zero attached hydrogens (tertiary/aromatic N) is 1. The van der Waals surface area contributed by atoms with Crippen LogP contribution in [0.3, 0.4) is 0 Å². The molecule has 0 aliphatic rings. The van der Waals surface area contributed by atoms with Gasteiger partial charge in [0, 0.05) is 5.69 Å². The van der Waals surface area contributed by atoms with Crippen molar-refractivity contribution < 1.29 is 8.42 Å².